The van der Waals surface area contributed by atoms with Gasteiger partial charge in [0.05, 0.1) is 0 Å². The summed E-state index contributed by atoms with van der Waals surface area (Å²) in [6, 6.07) is 6.22. The normalized spacial score (nSPS) is 16.7. The molecule has 0 amide bonds. The van der Waals surface area contributed by atoms with Gasteiger partial charge < -0.3 is 9.47 Å². The van der Waals surface area contributed by atoms with Crippen LogP contribution in [0.3, 0.4) is 0 Å². The van der Waals surface area contributed by atoms with Crippen molar-refractivity contribution < 1.29 is 4.39 Å². The van der Waals surface area contributed by atoms with Gasteiger partial charge in [0.15, 0.2) is 11.2 Å². The molecule has 2 aromatic heterocycles. The molecule has 1 atom stereocenters. The Bertz CT molecular complexity index is 1130. The molecular weight excluding hydrogens is 349 g/mol. The second-order valence-electron chi connectivity index (χ2n) is 7.19. The third-order valence-corrected chi connectivity index (χ3v) is 5.03. The smallest absolute Gasteiger partial charge is 0.312 e. The number of benzene rings is 1. The molecule has 0 unspecified atom stereocenters. The molecule has 0 bridgehead atoms. The van der Waals surface area contributed by atoms with E-state index < -0.39 is 0 Å². The maximum absolute atomic E-state index is 13.3. The second kappa shape index (κ2) is 6.37. The third-order valence-electron chi connectivity index (χ3n) is 5.03. The summed E-state index contributed by atoms with van der Waals surface area (Å²) in [4.78, 5) is 32.2. The number of aryl methyl sites for hydroxylation is 1. The molecule has 3 heterocycles. The molecule has 0 radical (unpaired) electrons. The van der Waals surface area contributed by atoms with Gasteiger partial charge in [-0.1, -0.05) is 13.8 Å². The molecule has 0 aliphatic carbocycles. The first kappa shape index (κ1) is 17.5. The summed E-state index contributed by atoms with van der Waals surface area (Å²) < 4.78 is 17.9. The summed E-state index contributed by atoms with van der Waals surface area (Å²) in [6.45, 7) is 5.74. The average Bonchev–Trinajstić information content (AvgIpc) is 3.03. The van der Waals surface area contributed by atoms with Crippen molar-refractivity contribution in [3.63, 3.8) is 0 Å². The van der Waals surface area contributed by atoms with Crippen LogP contribution < -0.4 is 16.1 Å². The van der Waals surface area contributed by atoms with Crippen LogP contribution in [0.1, 0.15) is 20.3 Å². The Morgan fingerprint density at radius 2 is 1.89 bits per heavy atom. The SMILES string of the molecule is CCCn1c(=O)c2c(nc3n2C[C@H](C)CN3c2ccc(F)cc2)n(C)c1=O. The van der Waals surface area contributed by atoms with E-state index in [2.05, 4.69) is 11.9 Å². The monoisotopic (exact) mass is 371 g/mol. The highest BCUT2D eigenvalue weighted by atomic mass is 19.1. The maximum atomic E-state index is 13.3. The first-order chi connectivity index (χ1) is 12.9. The highest BCUT2D eigenvalue weighted by Crippen LogP contribution is 2.32. The minimum Gasteiger partial charge on any atom is -0.312 e. The Balaban J connectivity index is 2.00. The lowest BCUT2D eigenvalue weighted by atomic mass is 10.1. The summed E-state index contributed by atoms with van der Waals surface area (Å²) in [5.74, 6) is 0.564. The molecule has 0 saturated carbocycles. The second-order valence-corrected chi connectivity index (χ2v) is 7.19. The highest BCUT2D eigenvalue weighted by Gasteiger charge is 2.29. The first-order valence-electron chi connectivity index (χ1n) is 9.15. The third kappa shape index (κ3) is 2.67. The lowest BCUT2D eigenvalue weighted by Crippen LogP contribution is -2.40. The number of anilines is 2. The molecule has 0 fully saturated rings. The number of hydrogen-bond donors (Lipinski definition) is 0. The van der Waals surface area contributed by atoms with Crippen molar-refractivity contribution in [2.75, 3.05) is 11.4 Å². The molecule has 7 nitrogen and oxygen atoms in total. The van der Waals surface area contributed by atoms with E-state index in [1.165, 1.54) is 21.3 Å². The van der Waals surface area contributed by atoms with E-state index in [4.69, 9.17) is 0 Å². The van der Waals surface area contributed by atoms with Crippen molar-refractivity contribution in [3.05, 3.63) is 50.9 Å². The summed E-state index contributed by atoms with van der Waals surface area (Å²) in [5, 5.41) is 0. The molecule has 8 heteroatoms. The van der Waals surface area contributed by atoms with Gasteiger partial charge in [-0.15, -0.1) is 0 Å². The molecule has 0 saturated heterocycles. The maximum Gasteiger partial charge on any atom is 0.332 e. The molecule has 142 valence electrons. The largest absolute Gasteiger partial charge is 0.332 e. The predicted octanol–water partition coefficient (Wildman–Crippen LogP) is 2.23. The van der Waals surface area contributed by atoms with Gasteiger partial charge in [0, 0.05) is 32.4 Å². The van der Waals surface area contributed by atoms with Crippen molar-refractivity contribution in [3.8, 4) is 0 Å². The molecular formula is C19H22FN5O2. The number of imidazole rings is 1. The van der Waals surface area contributed by atoms with Gasteiger partial charge in [-0.2, -0.15) is 4.98 Å². The predicted molar refractivity (Wildman–Crippen MR) is 102 cm³/mol. The molecule has 1 aliphatic rings. The number of fused-ring (bicyclic) bond motifs is 3. The van der Waals surface area contributed by atoms with Gasteiger partial charge in [0.25, 0.3) is 5.56 Å². The zero-order valence-electron chi connectivity index (χ0n) is 15.6. The van der Waals surface area contributed by atoms with Crippen LogP contribution in [0.25, 0.3) is 11.2 Å². The average molecular weight is 371 g/mol. The van der Waals surface area contributed by atoms with Crippen molar-refractivity contribution in [2.24, 2.45) is 13.0 Å². The van der Waals surface area contributed by atoms with E-state index in [0.29, 0.717) is 43.2 Å². The van der Waals surface area contributed by atoms with Crippen LogP contribution >= 0.6 is 0 Å². The molecule has 1 aromatic carbocycles. The van der Waals surface area contributed by atoms with Crippen LogP contribution in [-0.4, -0.2) is 25.2 Å². The molecule has 0 spiro atoms. The molecule has 1 aliphatic heterocycles. The van der Waals surface area contributed by atoms with Crippen LogP contribution in [0.4, 0.5) is 16.0 Å². The van der Waals surface area contributed by atoms with E-state index in [1.54, 1.807) is 19.2 Å². The summed E-state index contributed by atoms with van der Waals surface area (Å²) in [7, 11) is 1.64. The van der Waals surface area contributed by atoms with Crippen LogP contribution in [0.5, 0.6) is 0 Å². The van der Waals surface area contributed by atoms with Crippen LogP contribution in [0, 0.1) is 11.7 Å². The van der Waals surface area contributed by atoms with Gasteiger partial charge in [0.2, 0.25) is 5.95 Å². The number of hydrogen-bond acceptors (Lipinski definition) is 4. The molecule has 3 aromatic rings. The minimum atomic E-state index is -0.355. The number of nitrogens with zero attached hydrogens (tertiary/aromatic N) is 5. The number of halogens is 1. The fraction of sp³-hybridized carbons (Fsp3) is 0.421. The standard InChI is InChI=1S/C19H22FN5O2/c1-4-9-23-17(26)15-16(22(3)19(23)27)21-18-24(10-12(2)11-25(15)18)14-7-5-13(20)6-8-14/h5-8,12H,4,9-11H2,1-3H3/t12-/m1/s1. The van der Waals surface area contributed by atoms with Crippen LogP contribution in [0.2, 0.25) is 0 Å². The molecule has 4 rings (SSSR count). The number of aromatic nitrogens is 4. The zero-order chi connectivity index (χ0) is 19.3. The van der Waals surface area contributed by atoms with Crippen molar-refractivity contribution in [2.45, 2.75) is 33.4 Å². The quantitative estimate of drug-likeness (QED) is 0.708. The fourth-order valence-corrected chi connectivity index (χ4v) is 3.76. The van der Waals surface area contributed by atoms with E-state index in [9.17, 15) is 14.0 Å². The zero-order valence-corrected chi connectivity index (χ0v) is 15.6. The van der Waals surface area contributed by atoms with Gasteiger partial charge in [-0.05, 0) is 36.6 Å². The minimum absolute atomic E-state index is 0.260. The molecule has 0 N–H and O–H groups in total. The van der Waals surface area contributed by atoms with Crippen LogP contribution in [-0.2, 0) is 20.1 Å². The van der Waals surface area contributed by atoms with E-state index >= 15 is 0 Å². The fourth-order valence-electron chi connectivity index (χ4n) is 3.76. The van der Waals surface area contributed by atoms with E-state index in [0.717, 1.165) is 5.69 Å². The number of rotatable bonds is 3. The Kier molecular flexibility index (Phi) is 4.13. The Morgan fingerprint density at radius 3 is 2.56 bits per heavy atom. The lowest BCUT2D eigenvalue weighted by molar-refractivity contribution is 0.457. The van der Waals surface area contributed by atoms with Gasteiger partial charge in [0.1, 0.15) is 5.82 Å². The summed E-state index contributed by atoms with van der Waals surface area (Å²) in [5.41, 5.74) is 0.971. The van der Waals surface area contributed by atoms with Crippen molar-refractivity contribution in [1.29, 1.82) is 0 Å². The highest BCUT2D eigenvalue weighted by molar-refractivity contribution is 5.77. The van der Waals surface area contributed by atoms with Gasteiger partial charge in [-0.3, -0.25) is 13.9 Å². The lowest BCUT2D eigenvalue weighted by Gasteiger charge is -2.32. The Hall–Kier alpha value is -2.90. The summed E-state index contributed by atoms with van der Waals surface area (Å²) >= 11 is 0. The van der Waals surface area contributed by atoms with Gasteiger partial charge >= 0.3 is 5.69 Å². The van der Waals surface area contributed by atoms with E-state index in [-0.39, 0.29) is 23.0 Å². The first-order valence-corrected chi connectivity index (χ1v) is 9.15. The van der Waals surface area contributed by atoms with E-state index in [1.807, 2.05) is 16.4 Å². The Morgan fingerprint density at radius 1 is 1.19 bits per heavy atom. The summed E-state index contributed by atoms with van der Waals surface area (Å²) in [6.07, 6.45) is 0.694. The van der Waals surface area contributed by atoms with Crippen LogP contribution in [0.15, 0.2) is 33.9 Å². The van der Waals surface area contributed by atoms with Gasteiger partial charge in [-0.25, -0.2) is 9.18 Å². The van der Waals surface area contributed by atoms with Crippen molar-refractivity contribution >= 4 is 22.8 Å². The topological polar surface area (TPSA) is 65.1 Å². The van der Waals surface area contributed by atoms with Crippen molar-refractivity contribution in [1.82, 2.24) is 18.7 Å². The Labute approximate surface area is 155 Å². The molecule has 27 heavy (non-hydrogen) atoms.